The monoisotopic (exact) mass is 274 g/mol. The second kappa shape index (κ2) is 6.10. The third-order valence-electron chi connectivity index (χ3n) is 2.52. The maximum Gasteiger partial charge on any atom is 0.230 e. The lowest BCUT2D eigenvalue weighted by Gasteiger charge is -2.06. The second-order valence-electron chi connectivity index (χ2n) is 4.11. The SMILES string of the molecule is NC(=S)NC(=O)Cc1cccc(Cn2cccn2)c1. The Hall–Kier alpha value is -2.21. The largest absolute Gasteiger partial charge is 0.376 e. The van der Waals surface area contributed by atoms with Crippen LogP contribution < -0.4 is 11.1 Å². The summed E-state index contributed by atoms with van der Waals surface area (Å²) in [5, 5.41) is 6.55. The van der Waals surface area contributed by atoms with Gasteiger partial charge in [0.05, 0.1) is 13.0 Å². The lowest BCUT2D eigenvalue weighted by molar-refractivity contribution is -0.119. The van der Waals surface area contributed by atoms with E-state index in [9.17, 15) is 4.79 Å². The van der Waals surface area contributed by atoms with E-state index in [4.69, 9.17) is 5.73 Å². The molecule has 1 aromatic carbocycles. The molecule has 3 N–H and O–H groups in total. The predicted molar refractivity (Wildman–Crippen MR) is 76.4 cm³/mol. The van der Waals surface area contributed by atoms with Gasteiger partial charge in [-0.15, -0.1) is 0 Å². The van der Waals surface area contributed by atoms with Crippen LogP contribution in [0.5, 0.6) is 0 Å². The Labute approximate surface area is 116 Å². The first-order chi connectivity index (χ1) is 9.13. The maximum absolute atomic E-state index is 11.6. The van der Waals surface area contributed by atoms with Gasteiger partial charge in [-0.2, -0.15) is 5.10 Å². The molecule has 2 aromatic rings. The standard InChI is InChI=1S/C13H14N4OS/c14-13(19)16-12(18)8-10-3-1-4-11(7-10)9-17-6-2-5-15-17/h1-7H,8-9H2,(H3,14,16,18,19). The van der Waals surface area contributed by atoms with Crippen LogP contribution in [-0.2, 0) is 17.8 Å². The molecule has 0 aliphatic rings. The maximum atomic E-state index is 11.6. The highest BCUT2D eigenvalue weighted by Gasteiger charge is 2.05. The summed E-state index contributed by atoms with van der Waals surface area (Å²) in [5.74, 6) is -0.205. The van der Waals surface area contributed by atoms with Crippen LogP contribution in [0.2, 0.25) is 0 Å². The molecule has 1 aromatic heterocycles. The Kier molecular flexibility index (Phi) is 4.25. The summed E-state index contributed by atoms with van der Waals surface area (Å²) in [4.78, 5) is 11.6. The molecule has 0 aliphatic heterocycles. The Morgan fingerprint density at radius 1 is 1.37 bits per heavy atom. The Bertz CT molecular complexity index is 580. The fourth-order valence-electron chi connectivity index (χ4n) is 1.79. The van der Waals surface area contributed by atoms with Gasteiger partial charge in [-0.25, -0.2) is 0 Å². The molecule has 0 atom stereocenters. The Morgan fingerprint density at radius 2 is 2.16 bits per heavy atom. The number of carbonyl (C=O) groups excluding carboxylic acids is 1. The fourth-order valence-corrected chi connectivity index (χ4v) is 1.90. The van der Waals surface area contributed by atoms with Gasteiger partial charge in [0.1, 0.15) is 0 Å². The van der Waals surface area contributed by atoms with Gasteiger partial charge < -0.3 is 11.1 Å². The number of carbonyl (C=O) groups is 1. The van der Waals surface area contributed by atoms with Crippen molar-refractivity contribution in [1.29, 1.82) is 0 Å². The molecule has 1 amide bonds. The van der Waals surface area contributed by atoms with E-state index in [0.29, 0.717) is 6.54 Å². The van der Waals surface area contributed by atoms with Crippen molar-refractivity contribution >= 4 is 23.2 Å². The zero-order valence-corrected chi connectivity index (χ0v) is 11.1. The van der Waals surface area contributed by atoms with E-state index in [1.165, 1.54) is 0 Å². The topological polar surface area (TPSA) is 72.9 Å². The molecule has 0 radical (unpaired) electrons. The van der Waals surface area contributed by atoms with Crippen LogP contribution in [0.3, 0.4) is 0 Å². The van der Waals surface area contributed by atoms with Crippen molar-refractivity contribution in [1.82, 2.24) is 15.1 Å². The first kappa shape index (κ1) is 13.2. The average molecular weight is 274 g/mol. The van der Waals surface area contributed by atoms with Crippen molar-refractivity contribution in [3.63, 3.8) is 0 Å². The minimum absolute atomic E-state index is 0.00213. The van der Waals surface area contributed by atoms with Crippen LogP contribution in [0.25, 0.3) is 0 Å². The number of nitrogens with one attached hydrogen (secondary N) is 1. The predicted octanol–water partition coefficient (Wildman–Crippen LogP) is 0.834. The molecule has 2 rings (SSSR count). The van der Waals surface area contributed by atoms with Crippen molar-refractivity contribution in [3.8, 4) is 0 Å². The normalized spacial score (nSPS) is 10.1. The molecule has 6 heteroatoms. The van der Waals surface area contributed by atoms with Crippen molar-refractivity contribution in [2.75, 3.05) is 0 Å². The lowest BCUT2D eigenvalue weighted by Crippen LogP contribution is -2.35. The smallest absolute Gasteiger partial charge is 0.230 e. The number of rotatable bonds is 4. The van der Waals surface area contributed by atoms with Crippen LogP contribution in [0.15, 0.2) is 42.7 Å². The number of hydrogen-bond donors (Lipinski definition) is 2. The third kappa shape index (κ3) is 4.18. The molecule has 0 fully saturated rings. The van der Waals surface area contributed by atoms with Gasteiger partial charge in [-0.1, -0.05) is 24.3 Å². The van der Waals surface area contributed by atoms with Gasteiger partial charge in [0.2, 0.25) is 5.91 Å². The molecule has 1 heterocycles. The average Bonchev–Trinajstić information content (AvgIpc) is 2.81. The number of nitrogens with zero attached hydrogens (tertiary/aromatic N) is 2. The van der Waals surface area contributed by atoms with Crippen LogP contribution in [0.1, 0.15) is 11.1 Å². The van der Waals surface area contributed by atoms with Gasteiger partial charge in [-0.3, -0.25) is 9.48 Å². The Morgan fingerprint density at radius 3 is 2.84 bits per heavy atom. The number of nitrogens with two attached hydrogens (primary N) is 1. The summed E-state index contributed by atoms with van der Waals surface area (Å²) >= 11 is 4.62. The van der Waals surface area contributed by atoms with Gasteiger partial charge in [0.15, 0.2) is 5.11 Å². The van der Waals surface area contributed by atoms with E-state index in [-0.39, 0.29) is 17.4 Å². The van der Waals surface area contributed by atoms with Gasteiger partial charge >= 0.3 is 0 Å². The van der Waals surface area contributed by atoms with E-state index in [1.807, 2.05) is 41.2 Å². The van der Waals surface area contributed by atoms with E-state index in [0.717, 1.165) is 11.1 Å². The molecular weight excluding hydrogens is 260 g/mol. The molecule has 0 spiro atoms. The lowest BCUT2D eigenvalue weighted by atomic mass is 10.1. The number of amides is 1. The summed E-state index contributed by atoms with van der Waals surface area (Å²) < 4.78 is 1.83. The summed E-state index contributed by atoms with van der Waals surface area (Å²) in [5.41, 5.74) is 7.26. The quantitative estimate of drug-likeness (QED) is 0.810. The molecule has 0 saturated carbocycles. The van der Waals surface area contributed by atoms with Gasteiger partial charge in [0.25, 0.3) is 0 Å². The summed E-state index contributed by atoms with van der Waals surface area (Å²) in [6.45, 7) is 0.678. The highest BCUT2D eigenvalue weighted by Crippen LogP contribution is 2.07. The first-order valence-electron chi connectivity index (χ1n) is 5.78. The second-order valence-corrected chi connectivity index (χ2v) is 4.55. The van der Waals surface area contributed by atoms with Gasteiger partial charge in [-0.05, 0) is 29.4 Å². The number of benzene rings is 1. The molecule has 5 nitrogen and oxygen atoms in total. The third-order valence-corrected chi connectivity index (χ3v) is 2.62. The van der Waals surface area contributed by atoms with Crippen molar-refractivity contribution in [2.24, 2.45) is 5.73 Å². The minimum Gasteiger partial charge on any atom is -0.376 e. The molecule has 0 bridgehead atoms. The summed E-state index contributed by atoms with van der Waals surface area (Å²) in [7, 11) is 0. The molecular formula is C13H14N4OS. The van der Waals surface area contributed by atoms with Crippen molar-refractivity contribution in [3.05, 3.63) is 53.9 Å². The number of aromatic nitrogens is 2. The molecule has 0 unspecified atom stereocenters. The molecule has 19 heavy (non-hydrogen) atoms. The fraction of sp³-hybridized carbons (Fsp3) is 0.154. The highest BCUT2D eigenvalue weighted by molar-refractivity contribution is 7.80. The highest BCUT2D eigenvalue weighted by atomic mass is 32.1. The van der Waals surface area contributed by atoms with Crippen LogP contribution in [0.4, 0.5) is 0 Å². The van der Waals surface area contributed by atoms with E-state index in [2.05, 4.69) is 22.6 Å². The van der Waals surface area contributed by atoms with Crippen molar-refractivity contribution in [2.45, 2.75) is 13.0 Å². The summed E-state index contributed by atoms with van der Waals surface area (Å²) in [6.07, 6.45) is 3.88. The van der Waals surface area contributed by atoms with Crippen LogP contribution in [0, 0.1) is 0 Å². The summed E-state index contributed by atoms with van der Waals surface area (Å²) in [6, 6.07) is 9.66. The molecule has 0 aliphatic carbocycles. The van der Waals surface area contributed by atoms with Crippen molar-refractivity contribution < 1.29 is 4.79 Å². The van der Waals surface area contributed by atoms with E-state index in [1.54, 1.807) is 6.20 Å². The minimum atomic E-state index is -0.205. The zero-order valence-electron chi connectivity index (χ0n) is 10.2. The molecule has 0 saturated heterocycles. The molecule has 98 valence electrons. The van der Waals surface area contributed by atoms with E-state index < -0.39 is 0 Å². The first-order valence-corrected chi connectivity index (χ1v) is 6.19. The van der Waals surface area contributed by atoms with E-state index >= 15 is 0 Å². The van der Waals surface area contributed by atoms with Crippen LogP contribution >= 0.6 is 12.2 Å². The van der Waals surface area contributed by atoms with Gasteiger partial charge in [0, 0.05) is 12.4 Å². The van der Waals surface area contributed by atoms with Crippen LogP contribution in [-0.4, -0.2) is 20.8 Å². The zero-order chi connectivity index (χ0) is 13.7. The number of thiocarbonyl (C=S) groups is 1. The number of hydrogen-bond acceptors (Lipinski definition) is 3. The Balaban J connectivity index is 2.02.